The van der Waals surface area contributed by atoms with Gasteiger partial charge in [-0.1, -0.05) is 24.1 Å². The Morgan fingerprint density at radius 1 is 1.44 bits per heavy atom. The van der Waals surface area contributed by atoms with E-state index in [1.54, 1.807) is 0 Å². The fourth-order valence-corrected chi connectivity index (χ4v) is 2.40. The van der Waals surface area contributed by atoms with Crippen LogP contribution in [0.3, 0.4) is 0 Å². The van der Waals surface area contributed by atoms with Crippen molar-refractivity contribution in [3.8, 4) is 12.3 Å². The molecule has 0 amide bonds. The first-order valence-electron chi connectivity index (χ1n) is 5.63. The normalized spacial score (nSPS) is 10.9. The average Bonchev–Trinajstić information content (AvgIpc) is 2.71. The quantitative estimate of drug-likeness (QED) is 0.656. The lowest BCUT2D eigenvalue weighted by Crippen LogP contribution is -2.13. The number of aromatic nitrogens is 3. The molecule has 0 saturated carbocycles. The van der Waals surface area contributed by atoms with E-state index in [0.717, 1.165) is 22.0 Å². The number of hydrogen-bond acceptors (Lipinski definition) is 2. The fraction of sp³-hybridized carbons (Fsp3) is 0.143. The molecule has 3 aromatic rings. The molecule has 2 heterocycles. The molecule has 3 rings (SSSR count). The van der Waals surface area contributed by atoms with E-state index in [0.29, 0.717) is 12.1 Å². The Morgan fingerprint density at radius 2 is 2.22 bits per heavy atom. The largest absolute Gasteiger partial charge is 0.324 e. The second-order valence-corrected chi connectivity index (χ2v) is 4.17. The third-order valence-corrected chi connectivity index (χ3v) is 3.12. The van der Waals surface area contributed by atoms with E-state index < -0.39 is 0 Å². The van der Waals surface area contributed by atoms with E-state index in [1.807, 2.05) is 35.8 Å². The first kappa shape index (κ1) is 10.6. The molecule has 0 aliphatic heterocycles. The van der Waals surface area contributed by atoms with Gasteiger partial charge < -0.3 is 4.57 Å². The van der Waals surface area contributed by atoms with Gasteiger partial charge >= 0.3 is 0 Å². The minimum Gasteiger partial charge on any atom is -0.324 e. The van der Waals surface area contributed by atoms with Gasteiger partial charge in [-0.15, -0.1) is 6.42 Å². The molecule has 0 fully saturated rings. The number of fused-ring (bicyclic) bond motifs is 3. The van der Waals surface area contributed by atoms with Crippen molar-refractivity contribution in [3.05, 3.63) is 40.3 Å². The van der Waals surface area contributed by atoms with Crippen molar-refractivity contribution in [2.45, 2.75) is 13.5 Å². The van der Waals surface area contributed by atoms with Crippen LogP contribution >= 0.6 is 0 Å². The Morgan fingerprint density at radius 3 is 3.00 bits per heavy atom. The van der Waals surface area contributed by atoms with Gasteiger partial charge in [-0.2, -0.15) is 5.10 Å². The third kappa shape index (κ3) is 1.28. The minimum absolute atomic E-state index is 0.206. The van der Waals surface area contributed by atoms with E-state index in [4.69, 9.17) is 6.42 Å². The highest BCUT2D eigenvalue weighted by molar-refractivity contribution is 6.08. The highest BCUT2D eigenvalue weighted by Crippen LogP contribution is 2.27. The monoisotopic (exact) mass is 237 g/mol. The summed E-state index contributed by atoms with van der Waals surface area (Å²) in [6, 6.07) is 7.83. The van der Waals surface area contributed by atoms with Crippen LogP contribution in [0.2, 0.25) is 0 Å². The Kier molecular flexibility index (Phi) is 2.20. The summed E-state index contributed by atoms with van der Waals surface area (Å²) in [6.45, 7) is 2.25. The molecule has 1 aromatic carbocycles. The molecule has 4 heteroatoms. The number of hydrogen-bond donors (Lipinski definition) is 1. The number of nitrogens with zero attached hydrogens (tertiary/aromatic N) is 2. The third-order valence-electron chi connectivity index (χ3n) is 3.12. The first-order chi connectivity index (χ1) is 8.74. The van der Waals surface area contributed by atoms with Crippen LogP contribution in [-0.4, -0.2) is 14.8 Å². The summed E-state index contributed by atoms with van der Waals surface area (Å²) in [5, 5.41) is 8.43. The van der Waals surface area contributed by atoms with Gasteiger partial charge in [0.25, 0.3) is 5.56 Å². The molecule has 1 N–H and O–H groups in total. The molecular formula is C14H11N3O. The van der Waals surface area contributed by atoms with E-state index in [-0.39, 0.29) is 5.56 Å². The summed E-state index contributed by atoms with van der Waals surface area (Å²) in [6.07, 6.45) is 5.39. The predicted molar refractivity (Wildman–Crippen MR) is 71.4 cm³/mol. The molecule has 4 nitrogen and oxygen atoms in total. The lowest BCUT2D eigenvalue weighted by Gasteiger charge is -2.00. The van der Waals surface area contributed by atoms with Gasteiger partial charge in [-0.25, -0.2) is 5.10 Å². The first-order valence-corrected chi connectivity index (χ1v) is 5.63. The molecule has 0 saturated heterocycles. The summed E-state index contributed by atoms with van der Waals surface area (Å²) >= 11 is 0. The van der Waals surface area contributed by atoms with Crippen LogP contribution in [0.1, 0.15) is 5.69 Å². The molecule has 88 valence electrons. The lowest BCUT2D eigenvalue weighted by molar-refractivity contribution is 0.894. The number of rotatable bonds is 1. The Labute approximate surface area is 103 Å². The SMILES string of the molecule is C#CCn1c2ccccc2c2c(C)n[nH]c(=O)c21. The van der Waals surface area contributed by atoms with Crippen molar-refractivity contribution in [2.75, 3.05) is 0 Å². The van der Waals surface area contributed by atoms with E-state index in [1.165, 1.54) is 0 Å². The average molecular weight is 237 g/mol. The number of para-hydroxylation sites is 1. The highest BCUT2D eigenvalue weighted by Gasteiger charge is 2.14. The summed E-state index contributed by atoms with van der Waals surface area (Å²) in [7, 11) is 0. The Bertz CT molecular complexity index is 849. The van der Waals surface area contributed by atoms with Crippen LogP contribution < -0.4 is 5.56 Å². The number of H-pyrrole nitrogens is 1. The van der Waals surface area contributed by atoms with Gasteiger partial charge in [-0.3, -0.25) is 4.79 Å². The van der Waals surface area contributed by atoms with Crippen molar-refractivity contribution in [3.63, 3.8) is 0 Å². The molecule has 0 radical (unpaired) electrons. The maximum atomic E-state index is 12.0. The summed E-state index contributed by atoms with van der Waals surface area (Å²) in [4.78, 5) is 12.0. The topological polar surface area (TPSA) is 50.7 Å². The maximum absolute atomic E-state index is 12.0. The maximum Gasteiger partial charge on any atom is 0.288 e. The molecule has 0 spiro atoms. The number of nitrogens with one attached hydrogen (secondary N) is 1. The molecule has 0 unspecified atom stereocenters. The summed E-state index contributed by atoms with van der Waals surface area (Å²) in [5.74, 6) is 2.59. The van der Waals surface area contributed by atoms with Crippen molar-refractivity contribution in [1.29, 1.82) is 0 Å². The van der Waals surface area contributed by atoms with Gasteiger partial charge in [0, 0.05) is 10.8 Å². The van der Waals surface area contributed by atoms with Gasteiger partial charge in [0.05, 0.1) is 17.8 Å². The van der Waals surface area contributed by atoms with Crippen molar-refractivity contribution in [1.82, 2.24) is 14.8 Å². The highest BCUT2D eigenvalue weighted by atomic mass is 16.1. The van der Waals surface area contributed by atoms with Gasteiger partial charge in [-0.05, 0) is 13.0 Å². The minimum atomic E-state index is -0.206. The molecule has 2 aromatic heterocycles. The molecular weight excluding hydrogens is 226 g/mol. The van der Waals surface area contributed by atoms with Crippen LogP contribution in [0.4, 0.5) is 0 Å². The van der Waals surface area contributed by atoms with Gasteiger partial charge in [0.15, 0.2) is 0 Å². The van der Waals surface area contributed by atoms with E-state index in [9.17, 15) is 4.79 Å². The van der Waals surface area contributed by atoms with Crippen molar-refractivity contribution < 1.29 is 0 Å². The summed E-state index contributed by atoms with van der Waals surface area (Å²) < 4.78 is 1.86. The second-order valence-electron chi connectivity index (χ2n) is 4.17. The van der Waals surface area contributed by atoms with Crippen LogP contribution in [0.5, 0.6) is 0 Å². The number of aryl methyl sites for hydroxylation is 1. The van der Waals surface area contributed by atoms with Gasteiger partial charge in [0.2, 0.25) is 0 Å². The zero-order valence-electron chi connectivity index (χ0n) is 9.90. The smallest absolute Gasteiger partial charge is 0.288 e. The van der Waals surface area contributed by atoms with Gasteiger partial charge in [0.1, 0.15) is 5.52 Å². The Hall–Kier alpha value is -2.54. The molecule has 0 aliphatic rings. The predicted octanol–water partition coefficient (Wildman–Crippen LogP) is 1.82. The zero-order chi connectivity index (χ0) is 12.7. The Balaban J connectivity index is 2.68. The molecule has 18 heavy (non-hydrogen) atoms. The van der Waals surface area contributed by atoms with Crippen molar-refractivity contribution in [2.24, 2.45) is 0 Å². The van der Waals surface area contributed by atoms with Crippen molar-refractivity contribution >= 4 is 21.8 Å². The lowest BCUT2D eigenvalue weighted by atomic mass is 10.1. The molecule has 0 bridgehead atoms. The van der Waals surface area contributed by atoms with Crippen LogP contribution in [0, 0.1) is 19.3 Å². The molecule has 0 aliphatic carbocycles. The number of terminal acetylenes is 1. The standard InChI is InChI=1S/C14H11N3O/c1-3-8-17-11-7-5-4-6-10(11)12-9(2)15-16-14(18)13(12)17/h1,4-7H,8H2,2H3,(H,16,18). The van der Waals surface area contributed by atoms with Crippen LogP contribution in [-0.2, 0) is 6.54 Å². The fourth-order valence-electron chi connectivity index (χ4n) is 2.40. The van der Waals surface area contributed by atoms with E-state index >= 15 is 0 Å². The number of aromatic amines is 1. The summed E-state index contributed by atoms with van der Waals surface area (Å²) in [5.41, 5.74) is 2.16. The zero-order valence-corrected chi connectivity index (χ0v) is 9.90. The number of benzene rings is 1. The second kappa shape index (κ2) is 3.74. The van der Waals surface area contributed by atoms with Crippen LogP contribution in [0.15, 0.2) is 29.1 Å². The van der Waals surface area contributed by atoms with E-state index in [2.05, 4.69) is 16.1 Å². The molecule has 0 atom stereocenters. The van der Waals surface area contributed by atoms with Crippen LogP contribution in [0.25, 0.3) is 21.8 Å².